The molecule has 0 aliphatic carbocycles. The van der Waals surface area contributed by atoms with Crippen LogP contribution in [0.1, 0.15) is 6.92 Å². The minimum absolute atomic E-state index is 0.0260. The van der Waals surface area contributed by atoms with Crippen molar-refractivity contribution in [1.82, 2.24) is 10.2 Å². The molecular formula is C13H12N4OS. The normalized spacial score (nSPS) is 17.7. The molecule has 0 fully saturated rings. The zero-order chi connectivity index (χ0) is 13.4. The van der Waals surface area contributed by atoms with Crippen LogP contribution < -0.4 is 11.1 Å². The lowest BCUT2D eigenvalue weighted by molar-refractivity contribution is -0.115. The highest BCUT2D eigenvalue weighted by molar-refractivity contribution is 8.00. The summed E-state index contributed by atoms with van der Waals surface area (Å²) in [7, 11) is 0. The maximum atomic E-state index is 11.7. The van der Waals surface area contributed by atoms with Crippen molar-refractivity contribution in [1.29, 1.82) is 0 Å². The van der Waals surface area contributed by atoms with Crippen LogP contribution in [-0.4, -0.2) is 21.4 Å². The van der Waals surface area contributed by atoms with Gasteiger partial charge in [0.25, 0.3) is 0 Å². The average molecular weight is 272 g/mol. The Balaban J connectivity index is 2.00. The summed E-state index contributed by atoms with van der Waals surface area (Å²) in [6, 6.07) is 9.38. The number of aromatic nitrogens is 2. The number of nitrogens with zero attached hydrogens (tertiary/aromatic N) is 2. The molecule has 1 aliphatic heterocycles. The van der Waals surface area contributed by atoms with Gasteiger partial charge in [0.2, 0.25) is 5.91 Å². The van der Waals surface area contributed by atoms with E-state index >= 15 is 0 Å². The highest BCUT2D eigenvalue weighted by Crippen LogP contribution is 2.37. The molecule has 1 atom stereocenters. The Morgan fingerprint density at radius 1 is 1.26 bits per heavy atom. The van der Waals surface area contributed by atoms with Gasteiger partial charge < -0.3 is 11.1 Å². The third kappa shape index (κ3) is 2.26. The van der Waals surface area contributed by atoms with Crippen molar-refractivity contribution >= 4 is 29.2 Å². The Bertz CT molecular complexity index is 642. The van der Waals surface area contributed by atoms with Crippen molar-refractivity contribution in [2.45, 2.75) is 17.1 Å². The summed E-state index contributed by atoms with van der Waals surface area (Å²) in [5, 5.41) is 10.7. The molecule has 1 amide bonds. The molecule has 0 spiro atoms. The number of rotatable bonds is 1. The number of carbonyl (C=O) groups excluding carboxylic acids is 1. The molecule has 1 unspecified atom stereocenters. The zero-order valence-corrected chi connectivity index (χ0v) is 11.1. The summed E-state index contributed by atoms with van der Waals surface area (Å²) in [4.78, 5) is 12.7. The summed E-state index contributed by atoms with van der Waals surface area (Å²) in [6.07, 6.45) is 0. The largest absolute Gasteiger partial charge is 0.382 e. The van der Waals surface area contributed by atoms with Gasteiger partial charge >= 0.3 is 0 Å². The van der Waals surface area contributed by atoms with Gasteiger partial charge in [-0.2, -0.15) is 0 Å². The van der Waals surface area contributed by atoms with Crippen molar-refractivity contribution in [2.24, 2.45) is 0 Å². The quantitative estimate of drug-likeness (QED) is 0.831. The van der Waals surface area contributed by atoms with Crippen LogP contribution in [-0.2, 0) is 4.79 Å². The van der Waals surface area contributed by atoms with Gasteiger partial charge in [-0.3, -0.25) is 4.79 Å². The lowest BCUT2D eigenvalue weighted by Crippen LogP contribution is -2.26. The van der Waals surface area contributed by atoms with Crippen molar-refractivity contribution < 1.29 is 4.79 Å². The monoisotopic (exact) mass is 272 g/mol. The van der Waals surface area contributed by atoms with Crippen LogP contribution in [0.3, 0.4) is 0 Å². The number of nitrogen functional groups attached to an aromatic ring is 1. The molecule has 6 heteroatoms. The van der Waals surface area contributed by atoms with Gasteiger partial charge in [-0.05, 0) is 31.2 Å². The lowest BCUT2D eigenvalue weighted by Gasteiger charge is -2.21. The maximum absolute atomic E-state index is 11.7. The van der Waals surface area contributed by atoms with Gasteiger partial charge in [0.05, 0.1) is 16.6 Å². The van der Waals surface area contributed by atoms with E-state index in [1.165, 1.54) is 0 Å². The fraction of sp³-hybridized carbons (Fsp3) is 0.154. The Labute approximate surface area is 114 Å². The summed E-state index contributed by atoms with van der Waals surface area (Å²) in [5.74, 6) is 0.414. The molecule has 1 aromatic carbocycles. The molecule has 2 aromatic rings. The minimum Gasteiger partial charge on any atom is -0.382 e. The molecule has 2 heterocycles. The number of carbonyl (C=O) groups is 1. The number of hydrogen-bond acceptors (Lipinski definition) is 5. The maximum Gasteiger partial charge on any atom is 0.237 e. The van der Waals surface area contributed by atoms with E-state index in [2.05, 4.69) is 15.5 Å². The second-order valence-corrected chi connectivity index (χ2v) is 5.69. The second-order valence-electron chi connectivity index (χ2n) is 4.30. The molecule has 96 valence electrons. The van der Waals surface area contributed by atoms with E-state index in [9.17, 15) is 4.79 Å². The molecule has 3 rings (SSSR count). The Hall–Kier alpha value is -2.08. The number of amides is 1. The van der Waals surface area contributed by atoms with E-state index in [0.717, 1.165) is 21.8 Å². The van der Waals surface area contributed by atoms with Crippen LogP contribution in [0.25, 0.3) is 11.3 Å². The molecule has 1 aromatic heterocycles. The van der Waals surface area contributed by atoms with Crippen LogP contribution in [0, 0.1) is 0 Å². The first kappa shape index (κ1) is 12.0. The summed E-state index contributed by atoms with van der Waals surface area (Å²) in [5.41, 5.74) is 7.97. The van der Waals surface area contributed by atoms with Gasteiger partial charge in [-0.25, -0.2) is 0 Å². The number of thioether (sulfide) groups is 1. The topological polar surface area (TPSA) is 80.9 Å². The summed E-state index contributed by atoms with van der Waals surface area (Å²) >= 11 is 1.56. The number of nitrogens with one attached hydrogen (secondary N) is 1. The predicted molar refractivity (Wildman–Crippen MR) is 75.8 cm³/mol. The summed E-state index contributed by atoms with van der Waals surface area (Å²) < 4.78 is 0. The molecule has 0 radical (unpaired) electrons. The molecule has 19 heavy (non-hydrogen) atoms. The van der Waals surface area contributed by atoms with Crippen molar-refractivity contribution in [3.63, 3.8) is 0 Å². The van der Waals surface area contributed by atoms with E-state index < -0.39 is 0 Å². The summed E-state index contributed by atoms with van der Waals surface area (Å²) in [6.45, 7) is 1.89. The van der Waals surface area contributed by atoms with Gasteiger partial charge in [0.15, 0.2) is 0 Å². The number of anilines is 2. The Morgan fingerprint density at radius 3 is 2.84 bits per heavy atom. The van der Waals surface area contributed by atoms with E-state index in [1.807, 2.05) is 31.2 Å². The van der Waals surface area contributed by atoms with Crippen molar-refractivity contribution in [3.05, 3.63) is 30.3 Å². The molecule has 3 N–H and O–H groups in total. The highest BCUT2D eigenvalue weighted by atomic mass is 32.2. The van der Waals surface area contributed by atoms with Gasteiger partial charge in [-0.15, -0.1) is 22.0 Å². The Morgan fingerprint density at radius 2 is 2.11 bits per heavy atom. The zero-order valence-electron chi connectivity index (χ0n) is 10.3. The predicted octanol–water partition coefficient (Wildman–Crippen LogP) is 2.16. The first-order valence-corrected chi connectivity index (χ1v) is 6.72. The second kappa shape index (κ2) is 4.55. The molecule has 1 aliphatic rings. The SMILES string of the molecule is CC1Sc2ccc(-c3ccc(N)nn3)cc2NC1=O. The fourth-order valence-electron chi connectivity index (χ4n) is 1.86. The van der Waals surface area contributed by atoms with Gasteiger partial charge in [0.1, 0.15) is 5.82 Å². The van der Waals surface area contributed by atoms with Gasteiger partial charge in [-0.1, -0.05) is 6.07 Å². The van der Waals surface area contributed by atoms with Crippen LogP contribution in [0.4, 0.5) is 11.5 Å². The number of benzene rings is 1. The minimum atomic E-state index is -0.0605. The fourth-order valence-corrected chi connectivity index (χ4v) is 2.80. The third-order valence-electron chi connectivity index (χ3n) is 2.89. The molecule has 0 bridgehead atoms. The lowest BCUT2D eigenvalue weighted by atomic mass is 10.1. The smallest absolute Gasteiger partial charge is 0.237 e. The van der Waals surface area contributed by atoms with Crippen LogP contribution in [0.15, 0.2) is 35.2 Å². The standard InChI is InChI=1S/C13H12N4OS/c1-7-13(18)15-10-6-8(2-4-11(10)19-7)9-3-5-12(14)17-16-9/h2-7H,1H3,(H2,14,17)(H,15,18). The first-order chi connectivity index (χ1) is 9.13. The van der Waals surface area contributed by atoms with E-state index in [0.29, 0.717) is 5.82 Å². The van der Waals surface area contributed by atoms with Gasteiger partial charge in [0, 0.05) is 10.5 Å². The van der Waals surface area contributed by atoms with Crippen LogP contribution >= 0.6 is 11.8 Å². The van der Waals surface area contributed by atoms with E-state index in [1.54, 1.807) is 17.8 Å². The van der Waals surface area contributed by atoms with E-state index in [4.69, 9.17) is 5.73 Å². The van der Waals surface area contributed by atoms with Crippen LogP contribution in [0.2, 0.25) is 0 Å². The third-order valence-corrected chi connectivity index (χ3v) is 4.07. The molecule has 0 saturated heterocycles. The number of nitrogens with two attached hydrogens (primary N) is 1. The molecule has 0 saturated carbocycles. The number of hydrogen-bond donors (Lipinski definition) is 2. The highest BCUT2D eigenvalue weighted by Gasteiger charge is 2.23. The molecule has 5 nitrogen and oxygen atoms in total. The van der Waals surface area contributed by atoms with E-state index in [-0.39, 0.29) is 11.2 Å². The number of fused-ring (bicyclic) bond motifs is 1. The molecular weight excluding hydrogens is 260 g/mol. The van der Waals surface area contributed by atoms with Crippen LogP contribution in [0.5, 0.6) is 0 Å². The van der Waals surface area contributed by atoms with Crippen molar-refractivity contribution in [2.75, 3.05) is 11.1 Å². The van der Waals surface area contributed by atoms with Crippen molar-refractivity contribution in [3.8, 4) is 11.3 Å². The Kier molecular flexibility index (Phi) is 2.87. The average Bonchev–Trinajstić information content (AvgIpc) is 2.40. The first-order valence-electron chi connectivity index (χ1n) is 5.84.